The summed E-state index contributed by atoms with van der Waals surface area (Å²) in [7, 11) is 0. The molecule has 1 saturated heterocycles. The summed E-state index contributed by atoms with van der Waals surface area (Å²) in [6.45, 7) is 9.32. The SMILES string of the molecule is CC1CC(C)CN(c2ccc3c(n2)OCCNC3)C1. The first kappa shape index (κ1) is 12.7. The highest BCUT2D eigenvalue weighted by atomic mass is 16.5. The van der Waals surface area contributed by atoms with E-state index in [1.165, 1.54) is 12.0 Å². The molecule has 2 unspecified atom stereocenters. The van der Waals surface area contributed by atoms with Crippen LogP contribution < -0.4 is 15.0 Å². The van der Waals surface area contributed by atoms with Gasteiger partial charge in [-0.25, -0.2) is 0 Å². The lowest BCUT2D eigenvalue weighted by Gasteiger charge is -2.36. The van der Waals surface area contributed by atoms with Gasteiger partial charge in [0.1, 0.15) is 12.4 Å². The maximum atomic E-state index is 5.73. The van der Waals surface area contributed by atoms with Crippen LogP contribution in [-0.2, 0) is 6.54 Å². The minimum Gasteiger partial charge on any atom is -0.476 e. The van der Waals surface area contributed by atoms with E-state index in [1.54, 1.807) is 0 Å². The second kappa shape index (κ2) is 5.37. The number of nitrogens with one attached hydrogen (secondary N) is 1. The van der Waals surface area contributed by atoms with E-state index in [1.807, 2.05) is 0 Å². The lowest BCUT2D eigenvalue weighted by atomic mass is 9.92. The summed E-state index contributed by atoms with van der Waals surface area (Å²) in [4.78, 5) is 7.13. The molecule has 1 N–H and O–H groups in total. The van der Waals surface area contributed by atoms with Gasteiger partial charge in [0.05, 0.1) is 0 Å². The molecule has 1 aromatic rings. The highest BCUT2D eigenvalue weighted by molar-refractivity contribution is 5.44. The van der Waals surface area contributed by atoms with Crippen LogP contribution in [0.25, 0.3) is 0 Å². The van der Waals surface area contributed by atoms with Gasteiger partial charge < -0.3 is 15.0 Å². The second-order valence-electron chi connectivity index (χ2n) is 6.01. The van der Waals surface area contributed by atoms with Crippen molar-refractivity contribution in [1.29, 1.82) is 0 Å². The van der Waals surface area contributed by atoms with Gasteiger partial charge >= 0.3 is 0 Å². The second-order valence-corrected chi connectivity index (χ2v) is 6.01. The van der Waals surface area contributed by atoms with Gasteiger partial charge in [-0.2, -0.15) is 4.98 Å². The molecule has 0 bridgehead atoms. The summed E-state index contributed by atoms with van der Waals surface area (Å²) in [6, 6.07) is 4.29. The molecule has 2 atom stereocenters. The van der Waals surface area contributed by atoms with Gasteiger partial charge in [0.2, 0.25) is 5.88 Å². The van der Waals surface area contributed by atoms with E-state index < -0.39 is 0 Å². The average molecular weight is 261 g/mol. The first-order chi connectivity index (χ1) is 9.22. The number of aromatic nitrogens is 1. The Kier molecular flexibility index (Phi) is 3.60. The van der Waals surface area contributed by atoms with Gasteiger partial charge in [0.15, 0.2) is 0 Å². The minimum atomic E-state index is 0.705. The molecule has 3 heterocycles. The summed E-state index contributed by atoms with van der Waals surface area (Å²) < 4.78 is 5.73. The molecule has 0 aromatic carbocycles. The van der Waals surface area contributed by atoms with Crippen LogP contribution in [0.5, 0.6) is 5.88 Å². The molecule has 104 valence electrons. The maximum absolute atomic E-state index is 5.73. The van der Waals surface area contributed by atoms with E-state index >= 15 is 0 Å². The third-order valence-corrected chi connectivity index (χ3v) is 3.95. The molecule has 3 rings (SSSR count). The number of rotatable bonds is 1. The third-order valence-electron chi connectivity index (χ3n) is 3.95. The van der Waals surface area contributed by atoms with Crippen LogP contribution >= 0.6 is 0 Å². The number of pyridine rings is 1. The fourth-order valence-electron chi connectivity index (χ4n) is 3.19. The molecule has 4 heteroatoms. The topological polar surface area (TPSA) is 37.4 Å². The number of nitrogens with zero attached hydrogens (tertiary/aromatic N) is 2. The van der Waals surface area contributed by atoms with Crippen molar-refractivity contribution in [1.82, 2.24) is 10.3 Å². The Balaban J connectivity index is 1.83. The predicted octanol–water partition coefficient (Wildman–Crippen LogP) is 2.05. The average Bonchev–Trinajstić information content (AvgIpc) is 2.61. The molecule has 1 fully saturated rings. The standard InChI is InChI=1S/C15H23N3O/c1-11-7-12(2)10-18(9-11)14-4-3-13-8-16-5-6-19-15(13)17-14/h3-4,11-12,16H,5-10H2,1-2H3. The van der Waals surface area contributed by atoms with E-state index in [9.17, 15) is 0 Å². The molecule has 0 aliphatic carbocycles. The Morgan fingerprint density at radius 1 is 1.26 bits per heavy atom. The first-order valence-corrected chi connectivity index (χ1v) is 7.31. The van der Waals surface area contributed by atoms with E-state index in [0.717, 1.165) is 49.7 Å². The summed E-state index contributed by atoms with van der Waals surface area (Å²) >= 11 is 0. The zero-order valence-corrected chi connectivity index (χ0v) is 11.9. The van der Waals surface area contributed by atoms with Crippen molar-refractivity contribution in [3.8, 4) is 5.88 Å². The molecule has 2 aliphatic rings. The molecular weight excluding hydrogens is 238 g/mol. The number of piperidine rings is 1. The lowest BCUT2D eigenvalue weighted by molar-refractivity contribution is 0.312. The fourth-order valence-corrected chi connectivity index (χ4v) is 3.19. The van der Waals surface area contributed by atoms with Crippen molar-refractivity contribution in [3.05, 3.63) is 17.7 Å². The minimum absolute atomic E-state index is 0.705. The smallest absolute Gasteiger partial charge is 0.219 e. The summed E-state index contributed by atoms with van der Waals surface area (Å²) in [5.74, 6) is 3.37. The molecule has 0 spiro atoms. The molecule has 19 heavy (non-hydrogen) atoms. The molecule has 0 amide bonds. The van der Waals surface area contributed by atoms with E-state index in [2.05, 4.69) is 36.2 Å². The molecule has 0 saturated carbocycles. The predicted molar refractivity (Wildman–Crippen MR) is 76.6 cm³/mol. The van der Waals surface area contributed by atoms with Crippen LogP contribution in [0.2, 0.25) is 0 Å². The summed E-state index contributed by atoms with van der Waals surface area (Å²) in [5, 5.41) is 3.34. The normalized spacial score (nSPS) is 27.4. The van der Waals surface area contributed by atoms with Crippen LogP contribution in [-0.4, -0.2) is 31.2 Å². The van der Waals surface area contributed by atoms with Crippen molar-refractivity contribution in [3.63, 3.8) is 0 Å². The van der Waals surface area contributed by atoms with E-state index in [-0.39, 0.29) is 0 Å². The van der Waals surface area contributed by atoms with Crippen molar-refractivity contribution in [2.24, 2.45) is 11.8 Å². The zero-order valence-electron chi connectivity index (χ0n) is 11.9. The van der Waals surface area contributed by atoms with Gasteiger partial charge in [-0.15, -0.1) is 0 Å². The third kappa shape index (κ3) is 2.84. The number of hydrogen-bond donors (Lipinski definition) is 1. The molecular formula is C15H23N3O. The number of fused-ring (bicyclic) bond motifs is 1. The molecule has 1 aromatic heterocycles. The van der Waals surface area contributed by atoms with Crippen LogP contribution in [0, 0.1) is 11.8 Å². The van der Waals surface area contributed by atoms with Crippen molar-refractivity contribution in [2.45, 2.75) is 26.8 Å². The maximum Gasteiger partial charge on any atom is 0.219 e. The van der Waals surface area contributed by atoms with Gasteiger partial charge in [-0.05, 0) is 30.4 Å². The Labute approximate surface area is 115 Å². The summed E-state index contributed by atoms with van der Waals surface area (Å²) in [5.41, 5.74) is 1.17. The van der Waals surface area contributed by atoms with Gasteiger partial charge in [0.25, 0.3) is 0 Å². The Morgan fingerprint density at radius 3 is 2.84 bits per heavy atom. The lowest BCUT2D eigenvalue weighted by Crippen LogP contribution is -2.39. The largest absolute Gasteiger partial charge is 0.476 e. The monoisotopic (exact) mass is 261 g/mol. The number of ether oxygens (including phenoxy) is 1. The van der Waals surface area contributed by atoms with E-state index in [0.29, 0.717) is 6.61 Å². The van der Waals surface area contributed by atoms with Crippen LogP contribution in [0.1, 0.15) is 25.8 Å². The first-order valence-electron chi connectivity index (χ1n) is 7.31. The van der Waals surface area contributed by atoms with Crippen LogP contribution in [0.3, 0.4) is 0 Å². The van der Waals surface area contributed by atoms with Crippen LogP contribution in [0.4, 0.5) is 5.82 Å². The quantitative estimate of drug-likeness (QED) is 0.839. The highest BCUT2D eigenvalue weighted by Crippen LogP contribution is 2.28. The van der Waals surface area contributed by atoms with Crippen molar-refractivity contribution in [2.75, 3.05) is 31.1 Å². The molecule has 4 nitrogen and oxygen atoms in total. The highest BCUT2D eigenvalue weighted by Gasteiger charge is 2.23. The van der Waals surface area contributed by atoms with Crippen molar-refractivity contribution < 1.29 is 4.74 Å². The van der Waals surface area contributed by atoms with Gasteiger partial charge in [-0.1, -0.05) is 13.8 Å². The van der Waals surface area contributed by atoms with Crippen LogP contribution in [0.15, 0.2) is 12.1 Å². The van der Waals surface area contributed by atoms with Gasteiger partial charge in [0, 0.05) is 31.7 Å². The summed E-state index contributed by atoms with van der Waals surface area (Å²) in [6.07, 6.45) is 1.32. The molecule has 2 aliphatic heterocycles. The Morgan fingerprint density at radius 2 is 2.05 bits per heavy atom. The molecule has 0 radical (unpaired) electrons. The Hall–Kier alpha value is -1.29. The van der Waals surface area contributed by atoms with Crippen molar-refractivity contribution >= 4 is 5.82 Å². The van der Waals surface area contributed by atoms with E-state index in [4.69, 9.17) is 9.72 Å². The number of anilines is 1. The number of hydrogen-bond acceptors (Lipinski definition) is 4. The Bertz CT molecular complexity index is 439. The van der Waals surface area contributed by atoms with Gasteiger partial charge in [-0.3, -0.25) is 0 Å². The zero-order chi connectivity index (χ0) is 13.2. The fraction of sp³-hybridized carbons (Fsp3) is 0.667.